The summed E-state index contributed by atoms with van der Waals surface area (Å²) < 4.78 is 5.53. The Hall–Kier alpha value is -1.88. The number of nitrogens with zero attached hydrogens (tertiary/aromatic N) is 1. The minimum absolute atomic E-state index is 0.185. The van der Waals surface area contributed by atoms with E-state index < -0.39 is 11.4 Å². The zero-order chi connectivity index (χ0) is 17.7. The summed E-state index contributed by atoms with van der Waals surface area (Å²) in [4.78, 5) is 26.3. The number of likely N-dealkylation sites (tertiary alicyclic amines) is 1. The summed E-state index contributed by atoms with van der Waals surface area (Å²) in [6, 6.07) is 10.1. The fraction of sp³-hybridized carbons (Fsp3) is 0.600. The number of ether oxygens (including phenoxy) is 1. The first-order valence-electron chi connectivity index (χ1n) is 9.26. The lowest BCUT2D eigenvalue weighted by Crippen LogP contribution is -2.52. The van der Waals surface area contributed by atoms with Gasteiger partial charge in [-0.05, 0) is 43.6 Å². The van der Waals surface area contributed by atoms with Crippen molar-refractivity contribution in [2.24, 2.45) is 5.92 Å². The van der Waals surface area contributed by atoms with Gasteiger partial charge in [0.1, 0.15) is 0 Å². The molecule has 0 spiro atoms. The molecule has 0 aromatic heterocycles. The molecule has 5 nitrogen and oxygen atoms in total. The van der Waals surface area contributed by atoms with Crippen LogP contribution in [0.2, 0.25) is 0 Å². The Morgan fingerprint density at radius 1 is 1.20 bits per heavy atom. The minimum Gasteiger partial charge on any atom is -0.481 e. The molecule has 1 aromatic rings. The van der Waals surface area contributed by atoms with E-state index in [1.807, 2.05) is 23.1 Å². The van der Waals surface area contributed by atoms with Gasteiger partial charge in [0, 0.05) is 32.7 Å². The molecule has 0 saturated carbocycles. The van der Waals surface area contributed by atoms with E-state index in [9.17, 15) is 9.59 Å². The summed E-state index contributed by atoms with van der Waals surface area (Å²) in [5, 5.41) is 8.92. The van der Waals surface area contributed by atoms with E-state index in [4.69, 9.17) is 9.84 Å². The van der Waals surface area contributed by atoms with E-state index in [-0.39, 0.29) is 12.3 Å². The van der Waals surface area contributed by atoms with Crippen LogP contribution in [0.15, 0.2) is 30.3 Å². The molecular formula is C20H27NO4. The molecule has 0 bridgehead atoms. The van der Waals surface area contributed by atoms with Crippen LogP contribution >= 0.6 is 0 Å². The van der Waals surface area contributed by atoms with Gasteiger partial charge in [-0.2, -0.15) is 0 Å². The van der Waals surface area contributed by atoms with Gasteiger partial charge in [0.2, 0.25) is 5.91 Å². The minimum atomic E-state index is -0.756. The number of amides is 1. The summed E-state index contributed by atoms with van der Waals surface area (Å²) in [5.74, 6) is -0.267. The maximum atomic E-state index is 13.5. The molecule has 2 saturated heterocycles. The third-order valence-corrected chi connectivity index (χ3v) is 5.65. The van der Waals surface area contributed by atoms with E-state index in [2.05, 4.69) is 12.1 Å². The third kappa shape index (κ3) is 4.03. The third-order valence-electron chi connectivity index (χ3n) is 5.65. The number of piperidine rings is 1. The quantitative estimate of drug-likeness (QED) is 0.891. The first kappa shape index (κ1) is 17.9. The van der Waals surface area contributed by atoms with Gasteiger partial charge in [-0.25, -0.2) is 0 Å². The zero-order valence-corrected chi connectivity index (χ0v) is 14.7. The fourth-order valence-electron chi connectivity index (χ4n) is 4.22. The average molecular weight is 345 g/mol. The van der Waals surface area contributed by atoms with E-state index >= 15 is 0 Å². The summed E-state index contributed by atoms with van der Waals surface area (Å²) in [7, 11) is 0. The molecule has 1 unspecified atom stereocenters. The smallest absolute Gasteiger partial charge is 0.303 e. The van der Waals surface area contributed by atoms with Crippen molar-refractivity contribution in [2.75, 3.05) is 26.3 Å². The Morgan fingerprint density at radius 2 is 1.92 bits per heavy atom. The molecule has 5 heteroatoms. The largest absolute Gasteiger partial charge is 0.481 e. The lowest BCUT2D eigenvalue weighted by atomic mass is 9.72. The molecule has 136 valence electrons. The monoisotopic (exact) mass is 345 g/mol. The molecule has 2 heterocycles. The van der Waals surface area contributed by atoms with Crippen LogP contribution in [0.25, 0.3) is 0 Å². The molecular weight excluding hydrogens is 318 g/mol. The first-order valence-corrected chi connectivity index (χ1v) is 9.26. The molecule has 1 aromatic carbocycles. The standard InChI is InChI=1S/C20H27NO4/c22-18(23)9-8-16-5-4-12-21(15-16)19(24)20(10-13-25-14-11-20)17-6-2-1-3-7-17/h1-3,6-7,16H,4-5,8-15H2,(H,22,23). The molecule has 2 fully saturated rings. The molecule has 3 rings (SSSR count). The highest BCUT2D eigenvalue weighted by Crippen LogP contribution is 2.38. The molecule has 0 radical (unpaired) electrons. The van der Waals surface area contributed by atoms with Crippen LogP contribution in [-0.4, -0.2) is 48.2 Å². The molecule has 2 aliphatic heterocycles. The summed E-state index contributed by atoms with van der Waals surface area (Å²) >= 11 is 0. The second-order valence-electron chi connectivity index (χ2n) is 7.25. The maximum absolute atomic E-state index is 13.5. The number of carbonyl (C=O) groups excluding carboxylic acids is 1. The molecule has 1 amide bonds. The Morgan fingerprint density at radius 3 is 2.60 bits per heavy atom. The van der Waals surface area contributed by atoms with Crippen molar-refractivity contribution >= 4 is 11.9 Å². The zero-order valence-electron chi connectivity index (χ0n) is 14.7. The van der Waals surface area contributed by atoms with Gasteiger partial charge in [0.25, 0.3) is 0 Å². The summed E-state index contributed by atoms with van der Waals surface area (Å²) in [5.41, 5.74) is 0.588. The van der Waals surface area contributed by atoms with E-state index in [1.165, 1.54) is 0 Å². The summed E-state index contributed by atoms with van der Waals surface area (Å²) in [6.07, 6.45) is 4.24. The topological polar surface area (TPSA) is 66.8 Å². The van der Waals surface area contributed by atoms with Gasteiger partial charge in [0.05, 0.1) is 5.41 Å². The van der Waals surface area contributed by atoms with Gasteiger partial charge < -0.3 is 14.7 Å². The lowest BCUT2D eigenvalue weighted by Gasteiger charge is -2.42. The van der Waals surface area contributed by atoms with Gasteiger partial charge in [-0.3, -0.25) is 9.59 Å². The van der Waals surface area contributed by atoms with E-state index in [0.717, 1.165) is 24.9 Å². The molecule has 2 aliphatic rings. The highest BCUT2D eigenvalue weighted by molar-refractivity contribution is 5.88. The summed E-state index contributed by atoms with van der Waals surface area (Å²) in [6.45, 7) is 2.67. The van der Waals surface area contributed by atoms with Gasteiger partial charge in [0.15, 0.2) is 0 Å². The SMILES string of the molecule is O=C(O)CCC1CCCN(C(=O)C2(c3ccccc3)CCOCC2)C1. The van der Waals surface area contributed by atoms with Crippen LogP contribution < -0.4 is 0 Å². The molecule has 0 aliphatic carbocycles. The van der Waals surface area contributed by atoms with Crippen LogP contribution in [0.4, 0.5) is 0 Å². The predicted octanol–water partition coefficient (Wildman–Crippen LogP) is 2.84. The fourth-order valence-corrected chi connectivity index (χ4v) is 4.22. The normalized spacial score (nSPS) is 23.2. The second-order valence-corrected chi connectivity index (χ2v) is 7.25. The number of hydrogen-bond acceptors (Lipinski definition) is 3. The Bertz CT molecular complexity index is 595. The number of hydrogen-bond donors (Lipinski definition) is 1. The second kappa shape index (κ2) is 8.00. The number of benzene rings is 1. The van der Waals surface area contributed by atoms with Crippen molar-refractivity contribution in [3.05, 3.63) is 35.9 Å². The van der Waals surface area contributed by atoms with Crippen LogP contribution in [0.1, 0.15) is 44.1 Å². The van der Waals surface area contributed by atoms with Crippen LogP contribution in [0.5, 0.6) is 0 Å². The highest BCUT2D eigenvalue weighted by atomic mass is 16.5. The van der Waals surface area contributed by atoms with Crippen LogP contribution in [-0.2, 0) is 19.7 Å². The molecule has 1 N–H and O–H groups in total. The van der Waals surface area contributed by atoms with Crippen molar-refractivity contribution < 1.29 is 19.4 Å². The molecule has 25 heavy (non-hydrogen) atoms. The first-order chi connectivity index (χ1) is 12.1. The van der Waals surface area contributed by atoms with Crippen molar-refractivity contribution in [1.29, 1.82) is 0 Å². The van der Waals surface area contributed by atoms with E-state index in [0.29, 0.717) is 44.9 Å². The van der Waals surface area contributed by atoms with Crippen LogP contribution in [0.3, 0.4) is 0 Å². The van der Waals surface area contributed by atoms with Crippen molar-refractivity contribution in [3.8, 4) is 0 Å². The van der Waals surface area contributed by atoms with Gasteiger partial charge in [-0.15, -0.1) is 0 Å². The van der Waals surface area contributed by atoms with Crippen molar-refractivity contribution in [1.82, 2.24) is 4.90 Å². The number of carboxylic acid groups (broad SMARTS) is 1. The average Bonchev–Trinajstić information content (AvgIpc) is 2.67. The Kier molecular flexibility index (Phi) is 5.74. The van der Waals surface area contributed by atoms with Crippen molar-refractivity contribution in [2.45, 2.75) is 43.9 Å². The van der Waals surface area contributed by atoms with E-state index in [1.54, 1.807) is 0 Å². The number of carboxylic acids is 1. The number of carbonyl (C=O) groups is 2. The predicted molar refractivity (Wildman–Crippen MR) is 94.3 cm³/mol. The Labute approximate surface area is 149 Å². The van der Waals surface area contributed by atoms with Crippen LogP contribution in [0, 0.1) is 5.92 Å². The van der Waals surface area contributed by atoms with Crippen molar-refractivity contribution in [3.63, 3.8) is 0 Å². The van der Waals surface area contributed by atoms with Gasteiger partial charge in [-0.1, -0.05) is 30.3 Å². The number of aliphatic carboxylic acids is 1. The van der Waals surface area contributed by atoms with Gasteiger partial charge >= 0.3 is 5.97 Å². The molecule has 1 atom stereocenters. The Balaban J connectivity index is 1.77. The maximum Gasteiger partial charge on any atom is 0.303 e. The lowest BCUT2D eigenvalue weighted by molar-refractivity contribution is -0.143. The number of rotatable bonds is 5. The highest BCUT2D eigenvalue weighted by Gasteiger charge is 2.44.